The fraction of sp³-hybridized carbons (Fsp3) is 0.600. The molecule has 1 aromatic heterocycles. The first kappa shape index (κ1) is 12.0. The van der Waals surface area contributed by atoms with Crippen molar-refractivity contribution in [2.45, 2.75) is 38.0 Å². The molecule has 0 aliphatic carbocycles. The Hall–Kier alpha value is -1.47. The Morgan fingerprint density at radius 3 is 2.82 bits per heavy atom. The van der Waals surface area contributed by atoms with E-state index in [4.69, 9.17) is 4.74 Å². The van der Waals surface area contributed by atoms with Crippen LogP contribution >= 0.6 is 0 Å². The molecule has 0 bridgehead atoms. The largest absolute Gasteiger partial charge is 0.387 e. The van der Waals surface area contributed by atoms with Crippen molar-refractivity contribution >= 4 is 0 Å². The van der Waals surface area contributed by atoms with Crippen molar-refractivity contribution in [1.82, 2.24) is 9.55 Å². The molecule has 2 rings (SSSR count). The summed E-state index contributed by atoms with van der Waals surface area (Å²) in [5, 5.41) is 9.55. The number of nitrogens with zero attached hydrogens (tertiary/aromatic N) is 1. The minimum absolute atomic E-state index is 0.441. The average Bonchev–Trinajstić information content (AvgIpc) is 2.57. The van der Waals surface area contributed by atoms with Crippen LogP contribution in [0, 0.1) is 0 Å². The van der Waals surface area contributed by atoms with Crippen LogP contribution in [0.25, 0.3) is 0 Å². The van der Waals surface area contributed by atoms with Crippen molar-refractivity contribution in [3.05, 3.63) is 33.1 Å². The summed E-state index contributed by atoms with van der Waals surface area (Å²) in [4.78, 5) is 24.3. The number of hydrogen-bond acceptors (Lipinski definition) is 4. The smallest absolute Gasteiger partial charge is 0.330 e. The Bertz CT molecular complexity index is 512. The van der Waals surface area contributed by atoms with Gasteiger partial charge in [0.25, 0.3) is 5.56 Å². The Balaban J connectivity index is 2.35. The normalized spacial score (nSPS) is 32.9. The minimum atomic E-state index is -1.69. The van der Waals surface area contributed by atoms with Crippen LogP contribution in [0.1, 0.15) is 19.6 Å². The van der Waals surface area contributed by atoms with E-state index in [1.54, 1.807) is 6.92 Å². The molecule has 7 heteroatoms. The molecule has 4 atom stereocenters. The summed E-state index contributed by atoms with van der Waals surface area (Å²) in [6.07, 6.45) is -3.19. The quantitative estimate of drug-likeness (QED) is 0.737. The second kappa shape index (κ2) is 4.42. The molecule has 0 spiro atoms. The van der Waals surface area contributed by atoms with Gasteiger partial charge in [-0.3, -0.25) is 14.3 Å². The van der Waals surface area contributed by atoms with Crippen LogP contribution in [-0.4, -0.2) is 33.0 Å². The van der Waals surface area contributed by atoms with Crippen LogP contribution in [0.5, 0.6) is 0 Å². The van der Waals surface area contributed by atoms with Gasteiger partial charge in [0.15, 0.2) is 12.4 Å². The highest BCUT2D eigenvalue weighted by Gasteiger charge is 2.44. The summed E-state index contributed by atoms with van der Waals surface area (Å²) in [6.45, 7) is 1.75. The number of rotatable bonds is 2. The van der Waals surface area contributed by atoms with Gasteiger partial charge in [0.05, 0.1) is 6.10 Å². The summed E-state index contributed by atoms with van der Waals surface area (Å²) in [6, 6.07) is 1.10. The molecule has 17 heavy (non-hydrogen) atoms. The lowest BCUT2D eigenvalue weighted by molar-refractivity contribution is -0.0280. The number of halogens is 1. The van der Waals surface area contributed by atoms with Crippen LogP contribution in [0.3, 0.4) is 0 Å². The fourth-order valence-corrected chi connectivity index (χ4v) is 1.89. The molecule has 0 saturated carbocycles. The molecule has 1 fully saturated rings. The number of alkyl halides is 1. The first-order chi connectivity index (χ1) is 8.04. The molecule has 0 aromatic carbocycles. The van der Waals surface area contributed by atoms with Crippen molar-refractivity contribution in [2.24, 2.45) is 0 Å². The standard InChI is InChI=1S/C10H13FN2O4/c1-2-5-8(15)7(11)9(17-5)13-4-3-6(14)12-10(13)16/h3-5,7-9,15H,2H2,1H3,(H,12,14,16). The zero-order chi connectivity index (χ0) is 12.6. The minimum Gasteiger partial charge on any atom is -0.387 e. The maximum absolute atomic E-state index is 13.8. The van der Waals surface area contributed by atoms with E-state index in [1.807, 2.05) is 4.98 Å². The highest BCUT2D eigenvalue weighted by molar-refractivity contribution is 4.92. The number of nitrogens with one attached hydrogen (secondary N) is 1. The maximum atomic E-state index is 13.8. The Kier molecular flexibility index (Phi) is 3.12. The molecular weight excluding hydrogens is 231 g/mol. The molecule has 2 heterocycles. The summed E-state index contributed by atoms with van der Waals surface area (Å²) in [5.74, 6) is 0. The van der Waals surface area contributed by atoms with Gasteiger partial charge in [-0.2, -0.15) is 0 Å². The van der Waals surface area contributed by atoms with Gasteiger partial charge in [-0.05, 0) is 6.42 Å². The van der Waals surface area contributed by atoms with Crippen LogP contribution < -0.4 is 11.2 Å². The predicted octanol–water partition coefficient (Wildman–Crippen LogP) is -0.457. The van der Waals surface area contributed by atoms with Crippen molar-refractivity contribution in [3.63, 3.8) is 0 Å². The van der Waals surface area contributed by atoms with Gasteiger partial charge in [0, 0.05) is 12.3 Å². The third kappa shape index (κ3) is 2.03. The number of ether oxygens (including phenoxy) is 1. The lowest BCUT2D eigenvalue weighted by Gasteiger charge is -2.15. The van der Waals surface area contributed by atoms with E-state index in [0.29, 0.717) is 6.42 Å². The van der Waals surface area contributed by atoms with Crippen LogP contribution in [-0.2, 0) is 4.74 Å². The summed E-state index contributed by atoms with van der Waals surface area (Å²) < 4.78 is 20.0. The molecule has 2 N–H and O–H groups in total. The lowest BCUT2D eigenvalue weighted by Crippen LogP contribution is -2.35. The summed E-state index contributed by atoms with van der Waals surface area (Å²) in [5.41, 5.74) is -1.32. The molecule has 1 saturated heterocycles. The Labute approximate surface area is 95.7 Å². The Morgan fingerprint density at radius 2 is 2.29 bits per heavy atom. The third-order valence-electron chi connectivity index (χ3n) is 2.82. The zero-order valence-electron chi connectivity index (χ0n) is 9.17. The van der Waals surface area contributed by atoms with Crippen molar-refractivity contribution < 1.29 is 14.2 Å². The number of H-pyrrole nitrogens is 1. The highest BCUT2D eigenvalue weighted by Crippen LogP contribution is 2.31. The van der Waals surface area contributed by atoms with E-state index in [1.165, 1.54) is 0 Å². The number of aliphatic hydroxyl groups excluding tert-OH is 1. The van der Waals surface area contributed by atoms with Gasteiger partial charge in [0.1, 0.15) is 6.10 Å². The first-order valence-corrected chi connectivity index (χ1v) is 5.33. The number of aliphatic hydroxyl groups is 1. The van der Waals surface area contributed by atoms with Crippen LogP contribution in [0.15, 0.2) is 21.9 Å². The molecular formula is C10H13FN2O4. The highest BCUT2D eigenvalue weighted by atomic mass is 19.1. The van der Waals surface area contributed by atoms with E-state index in [0.717, 1.165) is 16.8 Å². The van der Waals surface area contributed by atoms with Crippen molar-refractivity contribution in [2.75, 3.05) is 0 Å². The SMILES string of the molecule is CCC1OC(n2ccc(=O)[nH]c2=O)C(F)C1O. The molecule has 1 aliphatic heterocycles. The molecule has 1 aliphatic rings. The van der Waals surface area contributed by atoms with E-state index in [9.17, 15) is 19.1 Å². The van der Waals surface area contributed by atoms with Gasteiger partial charge in [-0.25, -0.2) is 9.18 Å². The van der Waals surface area contributed by atoms with E-state index >= 15 is 0 Å². The van der Waals surface area contributed by atoms with Gasteiger partial charge in [-0.15, -0.1) is 0 Å². The molecule has 0 amide bonds. The second-order valence-corrected chi connectivity index (χ2v) is 3.93. The average molecular weight is 244 g/mol. The topological polar surface area (TPSA) is 84.3 Å². The van der Waals surface area contributed by atoms with E-state index in [-0.39, 0.29) is 0 Å². The van der Waals surface area contributed by atoms with Crippen molar-refractivity contribution in [1.29, 1.82) is 0 Å². The fourth-order valence-electron chi connectivity index (χ4n) is 1.89. The lowest BCUT2D eigenvalue weighted by atomic mass is 10.1. The van der Waals surface area contributed by atoms with Crippen molar-refractivity contribution in [3.8, 4) is 0 Å². The van der Waals surface area contributed by atoms with Crippen LogP contribution in [0.2, 0.25) is 0 Å². The number of aromatic nitrogens is 2. The molecule has 4 unspecified atom stereocenters. The van der Waals surface area contributed by atoms with E-state index < -0.39 is 35.9 Å². The predicted molar refractivity (Wildman–Crippen MR) is 56.4 cm³/mol. The zero-order valence-corrected chi connectivity index (χ0v) is 9.17. The third-order valence-corrected chi connectivity index (χ3v) is 2.82. The summed E-state index contributed by atoms with van der Waals surface area (Å²) in [7, 11) is 0. The van der Waals surface area contributed by atoms with Gasteiger partial charge >= 0.3 is 5.69 Å². The van der Waals surface area contributed by atoms with Gasteiger partial charge < -0.3 is 9.84 Å². The van der Waals surface area contributed by atoms with E-state index in [2.05, 4.69) is 0 Å². The second-order valence-electron chi connectivity index (χ2n) is 3.93. The Morgan fingerprint density at radius 1 is 1.59 bits per heavy atom. The number of aromatic amines is 1. The molecule has 6 nitrogen and oxygen atoms in total. The van der Waals surface area contributed by atoms with Gasteiger partial charge in [-0.1, -0.05) is 6.92 Å². The monoisotopic (exact) mass is 244 g/mol. The molecule has 0 radical (unpaired) electrons. The van der Waals surface area contributed by atoms with Gasteiger partial charge in [0.2, 0.25) is 0 Å². The maximum Gasteiger partial charge on any atom is 0.330 e. The number of hydrogen-bond donors (Lipinski definition) is 2. The first-order valence-electron chi connectivity index (χ1n) is 5.33. The molecule has 94 valence electrons. The molecule has 1 aromatic rings. The van der Waals surface area contributed by atoms with Crippen LogP contribution in [0.4, 0.5) is 4.39 Å². The summed E-state index contributed by atoms with van der Waals surface area (Å²) >= 11 is 0.